The van der Waals surface area contributed by atoms with Crippen LogP contribution in [0.3, 0.4) is 0 Å². The van der Waals surface area contributed by atoms with Gasteiger partial charge in [0, 0.05) is 23.6 Å². The summed E-state index contributed by atoms with van der Waals surface area (Å²) in [5, 5.41) is 3.61. The molecule has 4 rings (SSSR count). The van der Waals surface area contributed by atoms with Crippen molar-refractivity contribution in [1.82, 2.24) is 0 Å². The van der Waals surface area contributed by atoms with E-state index in [-0.39, 0.29) is 18.8 Å². The fourth-order valence-corrected chi connectivity index (χ4v) is 3.90. The molecule has 0 saturated carbocycles. The third-order valence-corrected chi connectivity index (χ3v) is 5.27. The first-order valence-electron chi connectivity index (χ1n) is 8.91. The van der Waals surface area contributed by atoms with Crippen LogP contribution >= 0.6 is 0 Å². The lowest BCUT2D eigenvalue weighted by Crippen LogP contribution is -2.40. The van der Waals surface area contributed by atoms with Gasteiger partial charge in [-0.25, -0.2) is 0 Å². The van der Waals surface area contributed by atoms with Gasteiger partial charge in [0.2, 0.25) is 6.79 Å². The second-order valence-corrected chi connectivity index (χ2v) is 7.45. The van der Waals surface area contributed by atoms with Crippen LogP contribution in [0.25, 0.3) is 0 Å². The number of carbonyl (C=O) groups is 1. The zero-order valence-electron chi connectivity index (χ0n) is 15.9. The topological polar surface area (TPSA) is 66.0 Å². The molecule has 2 heterocycles. The van der Waals surface area contributed by atoms with Crippen LogP contribution in [0.5, 0.6) is 17.2 Å². The molecule has 0 bridgehead atoms. The number of carbonyl (C=O) groups excluding carboxylic acids is 1. The molecule has 0 aromatic heterocycles. The Kier molecular flexibility index (Phi) is 4.13. The van der Waals surface area contributed by atoms with E-state index in [1.165, 1.54) is 6.92 Å². The van der Waals surface area contributed by atoms with E-state index >= 15 is 0 Å². The third-order valence-electron chi connectivity index (χ3n) is 5.27. The Morgan fingerprint density at radius 1 is 1.15 bits per heavy atom. The lowest BCUT2D eigenvalue weighted by molar-refractivity contribution is -0.154. The third kappa shape index (κ3) is 2.95. The van der Waals surface area contributed by atoms with Crippen molar-refractivity contribution in [2.75, 3.05) is 19.2 Å². The van der Waals surface area contributed by atoms with Crippen LogP contribution in [0, 0.1) is 5.41 Å². The van der Waals surface area contributed by atoms with Gasteiger partial charge in [0.25, 0.3) is 0 Å². The zero-order chi connectivity index (χ0) is 19.2. The number of ether oxygens (including phenoxy) is 4. The molecule has 6 nitrogen and oxygen atoms in total. The number of methoxy groups -OCH3 is 1. The van der Waals surface area contributed by atoms with Crippen LogP contribution in [0.4, 0.5) is 5.69 Å². The van der Waals surface area contributed by atoms with Gasteiger partial charge >= 0.3 is 5.97 Å². The number of hydrogen-bond acceptors (Lipinski definition) is 6. The molecule has 0 fully saturated rings. The number of fused-ring (bicyclic) bond motifs is 2. The molecule has 2 atom stereocenters. The molecular formula is C21H23NO5. The quantitative estimate of drug-likeness (QED) is 0.817. The van der Waals surface area contributed by atoms with Crippen molar-refractivity contribution in [2.45, 2.75) is 32.9 Å². The van der Waals surface area contributed by atoms with Gasteiger partial charge in [0.05, 0.1) is 13.2 Å². The molecular weight excluding hydrogens is 346 g/mol. The number of benzene rings is 2. The number of hydrogen-bond donors (Lipinski definition) is 1. The SMILES string of the molecule is COc1ccc2c(c1)[C@H](OC(C)=O)C(C)(C)[C@@H](c1ccc3c(c1)OCO3)N2. The summed E-state index contributed by atoms with van der Waals surface area (Å²) in [6.45, 7) is 5.85. The maximum absolute atomic E-state index is 11.9. The summed E-state index contributed by atoms with van der Waals surface area (Å²) >= 11 is 0. The van der Waals surface area contributed by atoms with Gasteiger partial charge in [0.15, 0.2) is 11.5 Å². The van der Waals surface area contributed by atoms with Crippen molar-refractivity contribution in [3.05, 3.63) is 47.5 Å². The predicted octanol–water partition coefficient (Wildman–Crippen LogP) is 4.22. The van der Waals surface area contributed by atoms with Gasteiger partial charge in [-0.3, -0.25) is 4.79 Å². The summed E-state index contributed by atoms with van der Waals surface area (Å²) in [6, 6.07) is 11.6. The Bertz CT molecular complexity index is 892. The summed E-state index contributed by atoms with van der Waals surface area (Å²) in [7, 11) is 1.62. The maximum Gasteiger partial charge on any atom is 0.303 e. The minimum absolute atomic E-state index is 0.0859. The summed E-state index contributed by atoms with van der Waals surface area (Å²) in [5.74, 6) is 1.89. The summed E-state index contributed by atoms with van der Waals surface area (Å²) in [4.78, 5) is 11.9. The Morgan fingerprint density at radius 3 is 2.67 bits per heavy atom. The standard InChI is InChI=1S/C21H23NO5/c1-12(23)27-20-15-10-14(24-4)6-7-16(15)22-19(21(20,2)3)13-5-8-17-18(9-13)26-11-25-17/h5-10,19-20,22H,11H2,1-4H3/t19-,20+/m1/s1. The molecule has 0 spiro atoms. The van der Waals surface area contributed by atoms with Crippen molar-refractivity contribution in [3.8, 4) is 17.2 Å². The van der Waals surface area contributed by atoms with Gasteiger partial charge in [-0.2, -0.15) is 0 Å². The number of nitrogens with one attached hydrogen (secondary N) is 1. The van der Waals surface area contributed by atoms with Crippen molar-refractivity contribution in [2.24, 2.45) is 5.41 Å². The first-order chi connectivity index (χ1) is 12.9. The molecule has 0 aliphatic carbocycles. The fourth-order valence-electron chi connectivity index (χ4n) is 3.90. The molecule has 0 unspecified atom stereocenters. The van der Waals surface area contributed by atoms with Crippen LogP contribution in [0.1, 0.15) is 44.0 Å². The van der Waals surface area contributed by atoms with Crippen LogP contribution in [-0.2, 0) is 9.53 Å². The minimum atomic E-state index is -0.420. The first kappa shape index (κ1) is 17.5. The number of rotatable bonds is 3. The zero-order valence-corrected chi connectivity index (χ0v) is 15.9. The van der Waals surface area contributed by atoms with Gasteiger partial charge < -0.3 is 24.3 Å². The van der Waals surface area contributed by atoms with E-state index in [4.69, 9.17) is 18.9 Å². The van der Waals surface area contributed by atoms with E-state index in [1.54, 1.807) is 7.11 Å². The van der Waals surface area contributed by atoms with Crippen molar-refractivity contribution >= 4 is 11.7 Å². The van der Waals surface area contributed by atoms with Crippen molar-refractivity contribution < 1.29 is 23.7 Å². The van der Waals surface area contributed by atoms with E-state index in [2.05, 4.69) is 19.2 Å². The molecule has 27 heavy (non-hydrogen) atoms. The van der Waals surface area contributed by atoms with Gasteiger partial charge in [-0.05, 0) is 35.9 Å². The molecule has 2 aliphatic heterocycles. The molecule has 0 amide bonds. The number of esters is 1. The average molecular weight is 369 g/mol. The second-order valence-electron chi connectivity index (χ2n) is 7.45. The molecule has 0 saturated heterocycles. The second kappa shape index (κ2) is 6.37. The van der Waals surface area contributed by atoms with E-state index in [1.807, 2.05) is 36.4 Å². The monoisotopic (exact) mass is 369 g/mol. The highest BCUT2D eigenvalue weighted by Crippen LogP contribution is 2.54. The average Bonchev–Trinajstić information content (AvgIpc) is 3.11. The molecule has 2 aromatic rings. The first-order valence-corrected chi connectivity index (χ1v) is 8.91. The molecule has 1 N–H and O–H groups in total. The molecule has 2 aromatic carbocycles. The smallest absolute Gasteiger partial charge is 0.303 e. The van der Waals surface area contributed by atoms with E-state index in [0.29, 0.717) is 0 Å². The minimum Gasteiger partial charge on any atom is -0.497 e. The Hall–Kier alpha value is -2.89. The highest BCUT2D eigenvalue weighted by atomic mass is 16.7. The maximum atomic E-state index is 11.9. The van der Waals surface area contributed by atoms with E-state index in [0.717, 1.165) is 34.1 Å². The van der Waals surface area contributed by atoms with Crippen molar-refractivity contribution in [1.29, 1.82) is 0 Å². The molecule has 2 aliphatic rings. The van der Waals surface area contributed by atoms with Gasteiger partial charge in [-0.15, -0.1) is 0 Å². The number of anilines is 1. The van der Waals surface area contributed by atoms with E-state index < -0.39 is 11.5 Å². The summed E-state index contributed by atoms with van der Waals surface area (Å²) in [5.41, 5.74) is 2.46. The van der Waals surface area contributed by atoms with Crippen molar-refractivity contribution in [3.63, 3.8) is 0 Å². The fraction of sp³-hybridized carbons (Fsp3) is 0.381. The lowest BCUT2D eigenvalue weighted by atomic mass is 9.70. The van der Waals surface area contributed by atoms with Crippen LogP contribution < -0.4 is 19.5 Å². The Balaban J connectivity index is 1.80. The summed E-state index contributed by atoms with van der Waals surface area (Å²) < 4.78 is 22.1. The largest absolute Gasteiger partial charge is 0.497 e. The van der Waals surface area contributed by atoms with Crippen LogP contribution in [0.2, 0.25) is 0 Å². The van der Waals surface area contributed by atoms with Gasteiger partial charge in [-0.1, -0.05) is 19.9 Å². The predicted molar refractivity (Wildman–Crippen MR) is 100 cm³/mol. The Morgan fingerprint density at radius 2 is 1.93 bits per heavy atom. The molecule has 142 valence electrons. The molecule has 6 heteroatoms. The van der Waals surface area contributed by atoms with Gasteiger partial charge in [0.1, 0.15) is 11.9 Å². The highest BCUT2D eigenvalue weighted by molar-refractivity contribution is 5.68. The highest BCUT2D eigenvalue weighted by Gasteiger charge is 2.46. The summed E-state index contributed by atoms with van der Waals surface area (Å²) in [6.07, 6.45) is -0.420. The Labute approximate surface area is 158 Å². The van der Waals surface area contributed by atoms with Crippen LogP contribution in [0.15, 0.2) is 36.4 Å². The molecule has 0 radical (unpaired) electrons. The lowest BCUT2D eigenvalue weighted by Gasteiger charge is -2.46. The van der Waals surface area contributed by atoms with E-state index in [9.17, 15) is 4.79 Å². The van der Waals surface area contributed by atoms with Crippen LogP contribution in [-0.4, -0.2) is 19.9 Å². The normalized spacial score (nSPS) is 21.8.